The van der Waals surface area contributed by atoms with E-state index in [0.717, 1.165) is 18.5 Å². The van der Waals surface area contributed by atoms with Gasteiger partial charge in [-0.3, -0.25) is 0 Å². The summed E-state index contributed by atoms with van der Waals surface area (Å²) < 4.78 is 0. The van der Waals surface area contributed by atoms with Crippen LogP contribution in [0.2, 0.25) is 0 Å². The van der Waals surface area contributed by atoms with Gasteiger partial charge in [-0.25, -0.2) is 0 Å². The van der Waals surface area contributed by atoms with Crippen LogP contribution in [0.4, 0.5) is 5.69 Å². The molecule has 0 aliphatic rings. The SMILES string of the molecule is CCC(CC)NC(=S)Nc1ccc(C(C)CC)cc1. The van der Waals surface area contributed by atoms with Gasteiger partial charge in [-0.1, -0.05) is 39.8 Å². The van der Waals surface area contributed by atoms with Gasteiger partial charge in [0.05, 0.1) is 0 Å². The quantitative estimate of drug-likeness (QED) is 0.739. The van der Waals surface area contributed by atoms with Crippen molar-refractivity contribution in [2.45, 2.75) is 58.9 Å². The molecule has 1 atom stereocenters. The van der Waals surface area contributed by atoms with E-state index >= 15 is 0 Å². The molecule has 0 aliphatic heterocycles. The van der Waals surface area contributed by atoms with Gasteiger partial charge in [0.2, 0.25) is 0 Å². The largest absolute Gasteiger partial charge is 0.360 e. The van der Waals surface area contributed by atoms with Gasteiger partial charge in [0.1, 0.15) is 0 Å². The maximum absolute atomic E-state index is 5.33. The van der Waals surface area contributed by atoms with Crippen LogP contribution in [0.1, 0.15) is 58.4 Å². The highest BCUT2D eigenvalue weighted by Gasteiger charge is 2.06. The van der Waals surface area contributed by atoms with E-state index < -0.39 is 0 Å². The van der Waals surface area contributed by atoms with Gasteiger partial charge in [0, 0.05) is 11.7 Å². The second-order valence-corrected chi connectivity index (χ2v) is 5.45. The number of benzene rings is 1. The average molecular weight is 278 g/mol. The maximum Gasteiger partial charge on any atom is 0.170 e. The Kier molecular flexibility index (Phi) is 6.85. The van der Waals surface area contributed by atoms with Crippen molar-refractivity contribution >= 4 is 23.0 Å². The summed E-state index contributed by atoms with van der Waals surface area (Å²) in [5, 5.41) is 7.29. The molecule has 106 valence electrons. The molecule has 0 amide bonds. The second-order valence-electron chi connectivity index (χ2n) is 5.04. The maximum atomic E-state index is 5.33. The molecule has 1 rings (SSSR count). The van der Waals surface area contributed by atoms with Crippen LogP contribution in [-0.2, 0) is 0 Å². The van der Waals surface area contributed by atoms with Crippen LogP contribution < -0.4 is 10.6 Å². The highest BCUT2D eigenvalue weighted by Crippen LogP contribution is 2.20. The van der Waals surface area contributed by atoms with Gasteiger partial charge in [0.15, 0.2) is 5.11 Å². The normalized spacial score (nSPS) is 12.3. The summed E-state index contributed by atoms with van der Waals surface area (Å²) in [6.45, 7) is 8.81. The lowest BCUT2D eigenvalue weighted by Gasteiger charge is -2.18. The molecule has 0 heterocycles. The minimum absolute atomic E-state index is 0.458. The molecule has 0 radical (unpaired) electrons. The predicted molar refractivity (Wildman–Crippen MR) is 88.9 cm³/mol. The summed E-state index contributed by atoms with van der Waals surface area (Å²) in [6, 6.07) is 9.01. The van der Waals surface area contributed by atoms with E-state index in [-0.39, 0.29) is 0 Å². The highest BCUT2D eigenvalue weighted by atomic mass is 32.1. The van der Waals surface area contributed by atoms with Crippen molar-refractivity contribution in [2.75, 3.05) is 5.32 Å². The molecular weight excluding hydrogens is 252 g/mol. The van der Waals surface area contributed by atoms with Crippen molar-refractivity contribution in [3.63, 3.8) is 0 Å². The fourth-order valence-electron chi connectivity index (χ4n) is 1.98. The molecule has 2 nitrogen and oxygen atoms in total. The Labute approximate surface area is 123 Å². The Bertz CT molecular complexity index is 382. The molecule has 1 aromatic carbocycles. The van der Waals surface area contributed by atoms with Crippen LogP contribution >= 0.6 is 12.2 Å². The summed E-state index contributed by atoms with van der Waals surface area (Å²) in [6.07, 6.45) is 3.35. The van der Waals surface area contributed by atoms with E-state index in [1.54, 1.807) is 0 Å². The summed E-state index contributed by atoms with van der Waals surface area (Å²) in [5.41, 5.74) is 2.43. The third-order valence-corrected chi connectivity index (χ3v) is 3.89. The van der Waals surface area contributed by atoms with Crippen LogP contribution in [0.5, 0.6) is 0 Å². The first-order valence-electron chi connectivity index (χ1n) is 7.28. The molecule has 2 N–H and O–H groups in total. The van der Waals surface area contributed by atoms with Gasteiger partial charge in [-0.2, -0.15) is 0 Å². The molecule has 0 spiro atoms. The van der Waals surface area contributed by atoms with Crippen molar-refractivity contribution in [1.82, 2.24) is 5.32 Å². The summed E-state index contributed by atoms with van der Waals surface area (Å²) >= 11 is 5.33. The molecule has 1 aromatic rings. The number of thiocarbonyl (C=S) groups is 1. The zero-order valence-corrected chi connectivity index (χ0v) is 13.3. The van der Waals surface area contributed by atoms with Crippen molar-refractivity contribution in [3.05, 3.63) is 29.8 Å². The Morgan fingerprint density at radius 3 is 2.11 bits per heavy atom. The zero-order valence-electron chi connectivity index (χ0n) is 12.5. The van der Waals surface area contributed by atoms with Crippen LogP contribution in [0, 0.1) is 0 Å². The van der Waals surface area contributed by atoms with Crippen LogP contribution in [0.25, 0.3) is 0 Å². The van der Waals surface area contributed by atoms with Crippen molar-refractivity contribution in [3.8, 4) is 0 Å². The third kappa shape index (κ3) is 5.19. The first-order chi connectivity index (χ1) is 9.10. The van der Waals surface area contributed by atoms with Gasteiger partial charge in [-0.05, 0) is 55.1 Å². The number of hydrogen-bond acceptors (Lipinski definition) is 1. The van der Waals surface area contributed by atoms with E-state index in [1.807, 2.05) is 0 Å². The Morgan fingerprint density at radius 2 is 1.63 bits per heavy atom. The molecule has 0 fully saturated rings. The van der Waals surface area contributed by atoms with Gasteiger partial charge < -0.3 is 10.6 Å². The predicted octanol–water partition coefficient (Wildman–Crippen LogP) is 4.68. The Morgan fingerprint density at radius 1 is 1.05 bits per heavy atom. The summed E-state index contributed by atoms with van der Waals surface area (Å²) in [4.78, 5) is 0. The Hall–Kier alpha value is -1.09. The average Bonchev–Trinajstić information content (AvgIpc) is 2.44. The lowest BCUT2D eigenvalue weighted by Crippen LogP contribution is -2.36. The van der Waals surface area contributed by atoms with Crippen molar-refractivity contribution in [1.29, 1.82) is 0 Å². The van der Waals surface area contributed by atoms with Gasteiger partial charge in [0.25, 0.3) is 0 Å². The molecule has 0 aromatic heterocycles. The second kappa shape index (κ2) is 8.16. The van der Waals surface area contributed by atoms with Crippen LogP contribution in [0.3, 0.4) is 0 Å². The summed E-state index contributed by atoms with van der Waals surface area (Å²) in [5.74, 6) is 0.615. The molecule has 0 aliphatic carbocycles. The minimum Gasteiger partial charge on any atom is -0.360 e. The molecule has 1 unspecified atom stereocenters. The van der Waals surface area contributed by atoms with E-state index in [0.29, 0.717) is 17.1 Å². The monoisotopic (exact) mass is 278 g/mol. The topological polar surface area (TPSA) is 24.1 Å². The zero-order chi connectivity index (χ0) is 14.3. The fraction of sp³-hybridized carbons (Fsp3) is 0.562. The number of nitrogens with one attached hydrogen (secondary N) is 2. The fourth-order valence-corrected chi connectivity index (χ4v) is 2.26. The highest BCUT2D eigenvalue weighted by molar-refractivity contribution is 7.80. The standard InChI is InChI=1S/C16H26N2S/c1-5-12(4)13-8-10-15(11-9-13)18-16(19)17-14(6-2)7-3/h8-12,14H,5-7H2,1-4H3,(H2,17,18,19). The van der Waals surface area contributed by atoms with E-state index in [2.05, 4.69) is 62.6 Å². The molecule has 0 saturated heterocycles. The van der Waals surface area contributed by atoms with Crippen molar-refractivity contribution in [2.24, 2.45) is 0 Å². The van der Waals surface area contributed by atoms with E-state index in [1.165, 1.54) is 12.0 Å². The number of anilines is 1. The van der Waals surface area contributed by atoms with Crippen molar-refractivity contribution < 1.29 is 0 Å². The van der Waals surface area contributed by atoms with E-state index in [4.69, 9.17) is 12.2 Å². The molecule has 19 heavy (non-hydrogen) atoms. The van der Waals surface area contributed by atoms with Gasteiger partial charge in [-0.15, -0.1) is 0 Å². The number of rotatable bonds is 6. The third-order valence-electron chi connectivity index (χ3n) is 3.67. The van der Waals surface area contributed by atoms with Crippen LogP contribution in [0.15, 0.2) is 24.3 Å². The Balaban J connectivity index is 2.55. The summed E-state index contributed by atoms with van der Waals surface area (Å²) in [7, 11) is 0. The minimum atomic E-state index is 0.458. The molecule has 3 heteroatoms. The van der Waals surface area contributed by atoms with E-state index in [9.17, 15) is 0 Å². The molecule has 0 saturated carbocycles. The van der Waals surface area contributed by atoms with Crippen LogP contribution in [-0.4, -0.2) is 11.2 Å². The lowest BCUT2D eigenvalue weighted by atomic mass is 9.99. The van der Waals surface area contributed by atoms with Gasteiger partial charge >= 0.3 is 0 Å². The lowest BCUT2D eigenvalue weighted by molar-refractivity contribution is 0.573. The number of hydrogen-bond donors (Lipinski definition) is 2. The molecule has 0 bridgehead atoms. The smallest absolute Gasteiger partial charge is 0.170 e. The first-order valence-corrected chi connectivity index (χ1v) is 7.68. The first kappa shape index (κ1) is 16.0. The molecular formula is C16H26N2S.